The van der Waals surface area contributed by atoms with Crippen molar-refractivity contribution in [3.8, 4) is 0 Å². The Morgan fingerprint density at radius 2 is 0.733 bits per heavy atom. The molecule has 0 aromatic heterocycles. The standard InChI is InChI=1S/2C5H7O2.Mn/c2*1-4(6)3-5(2)7;/h2*3H,1-2H3;/q2*-1;+2. The maximum absolute atomic E-state index is 9.98. The minimum absolute atomic E-state index is 0. The van der Waals surface area contributed by atoms with Crippen LogP contribution in [0.5, 0.6) is 0 Å². The maximum atomic E-state index is 9.98. The third-order valence-electron chi connectivity index (χ3n) is 0.813. The van der Waals surface area contributed by atoms with Gasteiger partial charge in [-0.2, -0.15) is 0 Å². The first-order valence-electron chi connectivity index (χ1n) is 3.97. The molecule has 0 saturated carbocycles. The van der Waals surface area contributed by atoms with Crippen molar-refractivity contribution < 1.29 is 36.2 Å². The molecule has 0 N–H and O–H groups in total. The predicted molar refractivity (Wildman–Crippen MR) is 51.3 cm³/mol. The second kappa shape index (κ2) is 11.0. The van der Waals surface area contributed by atoms with E-state index in [2.05, 4.69) is 0 Å². The van der Waals surface area contributed by atoms with Crippen LogP contribution in [0.25, 0.3) is 0 Å². The molecule has 1 radical (unpaired) electrons. The van der Waals surface area contributed by atoms with E-state index in [1.807, 2.05) is 0 Å². The Hall–Kier alpha value is -1.06. The van der Waals surface area contributed by atoms with Gasteiger partial charge < -0.3 is 19.2 Å². The molecule has 0 aromatic rings. The van der Waals surface area contributed by atoms with Crippen molar-refractivity contribution in [1.29, 1.82) is 0 Å². The third-order valence-corrected chi connectivity index (χ3v) is 0.813. The summed E-state index contributed by atoms with van der Waals surface area (Å²) in [5.41, 5.74) is 0. The summed E-state index contributed by atoms with van der Waals surface area (Å²) in [6.07, 6.45) is 2.11. The molecule has 0 heterocycles. The van der Waals surface area contributed by atoms with Gasteiger partial charge in [0.1, 0.15) is 0 Å². The summed E-state index contributed by atoms with van der Waals surface area (Å²) in [5.74, 6) is -0.750. The monoisotopic (exact) mass is 253 g/mol. The van der Waals surface area contributed by atoms with Crippen LogP contribution < -0.4 is 0 Å². The molecule has 15 heavy (non-hydrogen) atoms. The molecule has 0 spiro atoms. The zero-order valence-corrected chi connectivity index (χ0v) is 10.3. The fourth-order valence-corrected chi connectivity index (χ4v) is 0.572. The molecule has 0 rings (SSSR count). The van der Waals surface area contributed by atoms with E-state index in [0.29, 0.717) is 0 Å². The largest absolute Gasteiger partial charge is 2.00 e. The molecule has 0 aliphatic carbocycles. The predicted octanol–water partition coefficient (Wildman–Crippen LogP) is 0.735. The molecule has 0 amide bonds. The minimum atomic E-state index is -0.187. The van der Waals surface area contributed by atoms with Crippen molar-refractivity contribution in [3.63, 3.8) is 0 Å². The molecule has 0 atom stereocenters. The van der Waals surface area contributed by atoms with Gasteiger partial charge in [0.25, 0.3) is 0 Å². The van der Waals surface area contributed by atoms with Gasteiger partial charge in [0.15, 0.2) is 0 Å². The van der Waals surface area contributed by atoms with Crippen LogP contribution in [0.2, 0.25) is 0 Å². The average Bonchev–Trinajstić information content (AvgIpc) is 1.79. The second-order valence-electron chi connectivity index (χ2n) is 2.73. The summed E-state index contributed by atoms with van der Waals surface area (Å²) < 4.78 is 0. The van der Waals surface area contributed by atoms with Gasteiger partial charge in [0, 0.05) is 23.1 Å². The van der Waals surface area contributed by atoms with Crippen molar-refractivity contribution in [2.45, 2.75) is 27.7 Å². The number of hydrogen-bond donors (Lipinski definition) is 0. The fraction of sp³-hybridized carbons (Fsp3) is 0.400. The second-order valence-corrected chi connectivity index (χ2v) is 2.73. The normalized spacial score (nSPS) is 7.20. The molecule has 0 fully saturated rings. The van der Waals surface area contributed by atoms with Crippen molar-refractivity contribution in [3.05, 3.63) is 12.8 Å². The van der Waals surface area contributed by atoms with Crippen LogP contribution in [-0.4, -0.2) is 23.1 Å². The van der Waals surface area contributed by atoms with Gasteiger partial charge in [-0.25, -0.2) is 0 Å². The van der Waals surface area contributed by atoms with E-state index < -0.39 is 0 Å². The van der Waals surface area contributed by atoms with Gasteiger partial charge >= 0.3 is 17.1 Å². The van der Waals surface area contributed by atoms with Crippen molar-refractivity contribution >= 4 is 23.1 Å². The van der Waals surface area contributed by atoms with Crippen LogP contribution in [0.15, 0.2) is 0 Å². The number of hydrogen-bond acceptors (Lipinski definition) is 4. The Morgan fingerprint density at radius 3 is 0.733 bits per heavy atom. The van der Waals surface area contributed by atoms with Gasteiger partial charge in [-0.1, -0.05) is 0 Å². The zero-order chi connectivity index (χ0) is 11.7. The molecular weight excluding hydrogens is 239 g/mol. The molecule has 5 heteroatoms. The first-order valence-corrected chi connectivity index (χ1v) is 3.97. The molecule has 0 aliphatic heterocycles. The van der Waals surface area contributed by atoms with Crippen molar-refractivity contribution in [1.82, 2.24) is 0 Å². The topological polar surface area (TPSA) is 68.3 Å². The van der Waals surface area contributed by atoms with E-state index >= 15 is 0 Å². The Kier molecular flexibility index (Phi) is 14.3. The molecule has 0 aromatic carbocycles. The number of carbonyl (C=O) groups excluding carboxylic acids is 4. The van der Waals surface area contributed by atoms with E-state index in [0.717, 1.165) is 12.8 Å². The number of ketones is 4. The van der Waals surface area contributed by atoms with Gasteiger partial charge in [-0.3, -0.25) is 12.8 Å². The summed E-state index contributed by atoms with van der Waals surface area (Å²) in [5, 5.41) is 0. The third kappa shape index (κ3) is 32.2. The summed E-state index contributed by atoms with van der Waals surface area (Å²) in [6, 6.07) is 0. The number of rotatable bonds is 4. The Labute approximate surface area is 100 Å². The minimum Gasteiger partial charge on any atom is -0.334 e. The van der Waals surface area contributed by atoms with E-state index in [1.54, 1.807) is 0 Å². The first-order chi connectivity index (χ1) is 6.25. The van der Waals surface area contributed by atoms with Crippen LogP contribution in [0.1, 0.15) is 27.7 Å². The van der Waals surface area contributed by atoms with E-state index in [1.165, 1.54) is 27.7 Å². The molecule has 4 nitrogen and oxygen atoms in total. The SMILES string of the molecule is CC(=O)[CH-]C(C)=O.CC(=O)[CH-]C(C)=O.[Mn+2]. The molecule has 0 saturated heterocycles. The van der Waals surface area contributed by atoms with E-state index in [9.17, 15) is 19.2 Å². The molecule has 0 bridgehead atoms. The van der Waals surface area contributed by atoms with Crippen molar-refractivity contribution in [2.24, 2.45) is 0 Å². The average molecular weight is 253 g/mol. The van der Waals surface area contributed by atoms with Gasteiger partial charge in [0.2, 0.25) is 0 Å². The smallest absolute Gasteiger partial charge is 0.334 e. The van der Waals surface area contributed by atoms with Gasteiger partial charge in [-0.15, -0.1) is 0 Å². The first kappa shape index (κ1) is 19.5. The summed E-state index contributed by atoms with van der Waals surface area (Å²) >= 11 is 0. The Bertz CT molecular complexity index is 196. The molecule has 0 unspecified atom stereocenters. The van der Waals surface area contributed by atoms with Crippen LogP contribution in [0.3, 0.4) is 0 Å². The maximum Gasteiger partial charge on any atom is 2.00 e. The van der Waals surface area contributed by atoms with E-state index in [-0.39, 0.29) is 40.2 Å². The van der Waals surface area contributed by atoms with Crippen molar-refractivity contribution in [2.75, 3.05) is 0 Å². The molecule has 85 valence electrons. The van der Waals surface area contributed by atoms with Crippen LogP contribution in [-0.2, 0) is 36.2 Å². The molecule has 0 aliphatic rings. The fourth-order valence-electron chi connectivity index (χ4n) is 0.572. The van der Waals surface area contributed by atoms with Gasteiger partial charge in [-0.05, 0) is 27.7 Å². The number of carbonyl (C=O) groups is 4. The number of Topliss-reactive ketones (excluding diaryl/α,β-unsaturated/α-hetero) is 4. The van der Waals surface area contributed by atoms with Crippen LogP contribution in [0.4, 0.5) is 0 Å². The van der Waals surface area contributed by atoms with Gasteiger partial charge in [0.05, 0.1) is 0 Å². The molecular formula is C10H14MnO4. The zero-order valence-electron chi connectivity index (χ0n) is 9.17. The van der Waals surface area contributed by atoms with E-state index in [4.69, 9.17) is 0 Å². The quantitative estimate of drug-likeness (QED) is 0.421. The van der Waals surface area contributed by atoms with Crippen LogP contribution >= 0.6 is 0 Å². The summed E-state index contributed by atoms with van der Waals surface area (Å²) in [7, 11) is 0. The Morgan fingerprint density at radius 1 is 0.600 bits per heavy atom. The summed E-state index contributed by atoms with van der Waals surface area (Å²) in [6.45, 7) is 5.39. The van der Waals surface area contributed by atoms with Crippen LogP contribution in [0, 0.1) is 12.8 Å². The summed E-state index contributed by atoms with van der Waals surface area (Å²) in [4.78, 5) is 39.9. The Balaban J connectivity index is -0.000000180.